The Morgan fingerprint density at radius 1 is 1.17 bits per heavy atom. The van der Waals surface area contributed by atoms with Gasteiger partial charge in [-0.1, -0.05) is 31.0 Å². The van der Waals surface area contributed by atoms with Crippen LogP contribution in [-0.2, 0) is 9.53 Å². The van der Waals surface area contributed by atoms with Crippen LogP contribution in [0.4, 0.5) is 5.69 Å². The lowest BCUT2D eigenvalue weighted by molar-refractivity contribution is -0.114. The SMILES string of the molecule is CCCCOC(=O)c1cc(-c2ccc(/C=C3\C(=O)N(c4cccc(C(=O)O)c4)N=C3C)o2)ccc1Cl. The lowest BCUT2D eigenvalue weighted by atomic mass is 10.1. The minimum atomic E-state index is -1.09. The molecule has 0 fully saturated rings. The molecule has 0 aliphatic carbocycles. The number of carbonyl (C=O) groups is 3. The van der Waals surface area contributed by atoms with Gasteiger partial charge in [-0.05, 0) is 68.0 Å². The first-order chi connectivity index (χ1) is 17.3. The van der Waals surface area contributed by atoms with Gasteiger partial charge in [0, 0.05) is 5.56 Å². The van der Waals surface area contributed by atoms with E-state index in [1.165, 1.54) is 12.1 Å². The second-order valence-corrected chi connectivity index (χ2v) is 8.51. The number of nitrogens with zero attached hydrogens (tertiary/aromatic N) is 2. The van der Waals surface area contributed by atoms with E-state index in [0.29, 0.717) is 40.7 Å². The van der Waals surface area contributed by atoms with E-state index >= 15 is 0 Å². The van der Waals surface area contributed by atoms with Crippen molar-refractivity contribution >= 4 is 46.9 Å². The maximum absolute atomic E-state index is 13.0. The zero-order valence-corrected chi connectivity index (χ0v) is 20.4. The quantitative estimate of drug-likeness (QED) is 0.226. The summed E-state index contributed by atoms with van der Waals surface area (Å²) in [5, 5.41) is 15.0. The number of furan rings is 1. The van der Waals surface area contributed by atoms with E-state index in [1.54, 1.807) is 55.5 Å². The molecule has 184 valence electrons. The van der Waals surface area contributed by atoms with Crippen molar-refractivity contribution in [2.45, 2.75) is 26.7 Å². The highest BCUT2D eigenvalue weighted by Crippen LogP contribution is 2.30. The number of esters is 1. The average Bonchev–Trinajstić information content (AvgIpc) is 3.44. The molecule has 1 N–H and O–H groups in total. The zero-order chi connectivity index (χ0) is 25.8. The number of carboxylic acid groups (broad SMARTS) is 1. The topological polar surface area (TPSA) is 109 Å². The Balaban J connectivity index is 1.56. The number of hydrogen-bond donors (Lipinski definition) is 1. The molecule has 9 heteroatoms. The number of hydrogen-bond acceptors (Lipinski definition) is 6. The Kier molecular flexibility index (Phi) is 7.36. The number of anilines is 1. The maximum atomic E-state index is 13.0. The zero-order valence-electron chi connectivity index (χ0n) is 19.7. The van der Waals surface area contributed by atoms with Crippen molar-refractivity contribution in [3.8, 4) is 11.3 Å². The molecule has 2 heterocycles. The summed E-state index contributed by atoms with van der Waals surface area (Å²) in [4.78, 5) is 36.7. The van der Waals surface area contributed by atoms with Crippen LogP contribution in [0.5, 0.6) is 0 Å². The number of rotatable bonds is 8. The van der Waals surface area contributed by atoms with Crippen molar-refractivity contribution in [3.05, 3.63) is 82.1 Å². The summed E-state index contributed by atoms with van der Waals surface area (Å²) >= 11 is 6.20. The van der Waals surface area contributed by atoms with E-state index in [2.05, 4.69) is 5.10 Å². The van der Waals surface area contributed by atoms with E-state index in [9.17, 15) is 19.5 Å². The van der Waals surface area contributed by atoms with Crippen LogP contribution in [0.15, 0.2) is 69.7 Å². The predicted molar refractivity (Wildman–Crippen MR) is 136 cm³/mol. The first-order valence-electron chi connectivity index (χ1n) is 11.3. The van der Waals surface area contributed by atoms with Gasteiger partial charge in [-0.3, -0.25) is 4.79 Å². The molecule has 0 saturated carbocycles. The lowest BCUT2D eigenvalue weighted by Gasteiger charge is -2.12. The highest BCUT2D eigenvalue weighted by Gasteiger charge is 2.29. The molecule has 0 bridgehead atoms. The second kappa shape index (κ2) is 10.6. The van der Waals surface area contributed by atoms with Crippen LogP contribution in [0.1, 0.15) is 53.2 Å². The fourth-order valence-electron chi connectivity index (χ4n) is 3.58. The molecule has 1 aliphatic rings. The molecule has 0 spiro atoms. The van der Waals surface area contributed by atoms with Gasteiger partial charge < -0.3 is 14.3 Å². The van der Waals surface area contributed by atoms with E-state index in [0.717, 1.165) is 17.9 Å². The van der Waals surface area contributed by atoms with Gasteiger partial charge in [0.2, 0.25) is 0 Å². The van der Waals surface area contributed by atoms with Gasteiger partial charge in [0.1, 0.15) is 11.5 Å². The fourth-order valence-corrected chi connectivity index (χ4v) is 3.77. The van der Waals surface area contributed by atoms with Gasteiger partial charge in [-0.15, -0.1) is 0 Å². The molecule has 2 aromatic carbocycles. The van der Waals surface area contributed by atoms with Gasteiger partial charge in [0.15, 0.2) is 0 Å². The Bertz CT molecular complexity index is 1400. The largest absolute Gasteiger partial charge is 0.478 e. The van der Waals surface area contributed by atoms with Crippen LogP contribution in [0.25, 0.3) is 17.4 Å². The number of ether oxygens (including phenoxy) is 1. The molecule has 0 atom stereocenters. The second-order valence-electron chi connectivity index (χ2n) is 8.10. The molecule has 4 rings (SSSR count). The van der Waals surface area contributed by atoms with Gasteiger partial charge in [-0.25, -0.2) is 9.59 Å². The van der Waals surface area contributed by atoms with E-state index in [4.69, 9.17) is 20.8 Å². The summed E-state index contributed by atoms with van der Waals surface area (Å²) in [5.41, 5.74) is 2.05. The first-order valence-corrected chi connectivity index (χ1v) is 11.7. The summed E-state index contributed by atoms with van der Waals surface area (Å²) < 4.78 is 11.2. The van der Waals surface area contributed by atoms with Crippen molar-refractivity contribution in [1.82, 2.24) is 0 Å². The van der Waals surface area contributed by atoms with E-state index in [-0.39, 0.29) is 16.1 Å². The fraction of sp³-hybridized carbons (Fsp3) is 0.185. The first kappa shape index (κ1) is 24.9. The number of aromatic carboxylic acids is 1. The molecule has 3 aromatic rings. The van der Waals surface area contributed by atoms with Crippen LogP contribution >= 0.6 is 11.6 Å². The van der Waals surface area contributed by atoms with Crippen LogP contribution in [0, 0.1) is 0 Å². The standard InChI is InChI=1S/C27H23ClN2O6/c1-3-4-12-35-27(34)22-14-17(8-10-23(22)28)24-11-9-20(36-24)15-21-16(2)29-30(25(21)31)19-7-5-6-18(13-19)26(32)33/h5-11,13-15H,3-4,12H2,1-2H3,(H,32,33)/b21-15-. The molecule has 1 amide bonds. The number of carbonyl (C=O) groups excluding carboxylic acids is 2. The van der Waals surface area contributed by atoms with Gasteiger partial charge in [0.25, 0.3) is 5.91 Å². The lowest BCUT2D eigenvalue weighted by Crippen LogP contribution is -2.21. The van der Waals surface area contributed by atoms with Crippen molar-refractivity contribution in [2.24, 2.45) is 5.10 Å². The van der Waals surface area contributed by atoms with Crippen LogP contribution in [-0.4, -0.2) is 35.3 Å². The van der Waals surface area contributed by atoms with Crippen LogP contribution in [0.3, 0.4) is 0 Å². The number of amides is 1. The molecular weight excluding hydrogens is 484 g/mol. The number of hydrazone groups is 1. The van der Waals surface area contributed by atoms with Crippen molar-refractivity contribution in [3.63, 3.8) is 0 Å². The van der Waals surface area contributed by atoms with Gasteiger partial charge in [-0.2, -0.15) is 10.1 Å². The highest BCUT2D eigenvalue weighted by atomic mass is 35.5. The van der Waals surface area contributed by atoms with Gasteiger partial charge >= 0.3 is 11.9 Å². The summed E-state index contributed by atoms with van der Waals surface area (Å²) in [7, 11) is 0. The summed E-state index contributed by atoms with van der Waals surface area (Å²) in [5.74, 6) is -1.11. The molecule has 1 aromatic heterocycles. The normalized spacial score (nSPS) is 14.3. The average molecular weight is 507 g/mol. The number of benzene rings is 2. The Hall–Kier alpha value is -4.17. The molecule has 0 radical (unpaired) electrons. The highest BCUT2D eigenvalue weighted by molar-refractivity contribution is 6.33. The van der Waals surface area contributed by atoms with Gasteiger partial charge in [0.05, 0.1) is 39.7 Å². The Labute approximate surface area is 212 Å². The van der Waals surface area contributed by atoms with Crippen molar-refractivity contribution in [1.29, 1.82) is 0 Å². The molecule has 0 unspecified atom stereocenters. The third-order valence-corrected chi connectivity index (χ3v) is 5.85. The maximum Gasteiger partial charge on any atom is 0.339 e. The molecular formula is C27H23ClN2O6. The van der Waals surface area contributed by atoms with Crippen LogP contribution < -0.4 is 5.01 Å². The molecule has 1 aliphatic heterocycles. The summed E-state index contributed by atoms with van der Waals surface area (Å²) in [6.45, 7) is 4.01. The minimum Gasteiger partial charge on any atom is -0.478 e. The number of carboxylic acids is 1. The third kappa shape index (κ3) is 5.23. The third-order valence-electron chi connectivity index (χ3n) is 5.52. The molecule has 8 nitrogen and oxygen atoms in total. The molecule has 0 saturated heterocycles. The van der Waals surface area contributed by atoms with Crippen LogP contribution in [0.2, 0.25) is 5.02 Å². The van der Waals surface area contributed by atoms with E-state index in [1.807, 2.05) is 6.92 Å². The van der Waals surface area contributed by atoms with E-state index < -0.39 is 17.8 Å². The predicted octanol–water partition coefficient (Wildman–Crippen LogP) is 6.06. The number of unbranched alkanes of at least 4 members (excludes halogenated alkanes) is 1. The summed E-state index contributed by atoms with van der Waals surface area (Å²) in [6, 6.07) is 14.4. The molecule has 36 heavy (non-hydrogen) atoms. The Morgan fingerprint density at radius 2 is 1.97 bits per heavy atom. The van der Waals surface area contributed by atoms with Crippen molar-refractivity contribution in [2.75, 3.05) is 11.6 Å². The minimum absolute atomic E-state index is 0.0536. The van der Waals surface area contributed by atoms with Crippen molar-refractivity contribution < 1.29 is 28.6 Å². The monoisotopic (exact) mass is 506 g/mol. The Morgan fingerprint density at radius 3 is 2.72 bits per heavy atom. The number of halogens is 1. The smallest absolute Gasteiger partial charge is 0.339 e. The summed E-state index contributed by atoms with van der Waals surface area (Å²) in [6.07, 6.45) is 3.25.